The Labute approximate surface area is 110 Å². The molecule has 0 aliphatic carbocycles. The molecule has 0 fully saturated rings. The highest BCUT2D eigenvalue weighted by Gasteiger charge is 2.14. The molecule has 4 nitrogen and oxygen atoms in total. The lowest BCUT2D eigenvalue weighted by Gasteiger charge is -1.98. The molecule has 17 heavy (non-hydrogen) atoms. The molecule has 0 aliphatic rings. The normalized spacial score (nSPS) is 11.2. The quantitative estimate of drug-likeness (QED) is 0.792. The van der Waals surface area contributed by atoms with Gasteiger partial charge < -0.3 is 5.73 Å². The van der Waals surface area contributed by atoms with Gasteiger partial charge in [0.2, 0.25) is 5.78 Å². The number of aromatic nitrogens is 3. The Bertz CT molecular complexity index is 673. The van der Waals surface area contributed by atoms with Crippen molar-refractivity contribution in [3.05, 3.63) is 40.1 Å². The third kappa shape index (κ3) is 1.78. The summed E-state index contributed by atoms with van der Waals surface area (Å²) in [5.41, 5.74) is 7.72. The van der Waals surface area contributed by atoms with E-state index in [9.17, 15) is 0 Å². The molecule has 0 spiro atoms. The Morgan fingerprint density at radius 2 is 2.29 bits per heavy atom. The smallest absolute Gasteiger partial charge is 0.234 e. The number of nitrogens with two attached hydrogens (primary N) is 1. The maximum Gasteiger partial charge on any atom is 0.234 e. The van der Waals surface area contributed by atoms with Gasteiger partial charge in [0.05, 0.1) is 14.4 Å². The summed E-state index contributed by atoms with van der Waals surface area (Å²) in [4.78, 5) is 9.86. The number of imidazole rings is 1. The molecule has 0 aliphatic heterocycles. The highest BCUT2D eigenvalue weighted by atomic mass is 79.9. The van der Waals surface area contributed by atoms with Crippen LogP contribution in [0, 0.1) is 0 Å². The van der Waals surface area contributed by atoms with Crippen LogP contribution < -0.4 is 5.73 Å². The van der Waals surface area contributed by atoms with Crippen molar-refractivity contribution in [2.75, 3.05) is 0 Å². The molecule has 2 N–H and O–H groups in total. The first-order valence-corrected chi connectivity index (χ1v) is 6.68. The van der Waals surface area contributed by atoms with E-state index < -0.39 is 0 Å². The van der Waals surface area contributed by atoms with E-state index in [1.54, 1.807) is 17.5 Å². The van der Waals surface area contributed by atoms with Gasteiger partial charge in [-0.25, -0.2) is 9.97 Å². The van der Waals surface area contributed by atoms with Crippen molar-refractivity contribution < 1.29 is 0 Å². The SMILES string of the molecule is NCc1c(-c2ccc(Br)s2)nc2ncccn12. The van der Waals surface area contributed by atoms with Crippen molar-refractivity contribution in [3.63, 3.8) is 0 Å². The Hall–Kier alpha value is -1.24. The summed E-state index contributed by atoms with van der Waals surface area (Å²) in [5, 5.41) is 0. The summed E-state index contributed by atoms with van der Waals surface area (Å²) in [6.07, 6.45) is 3.67. The standard InChI is InChI=1S/C11H9BrN4S/c12-9-3-2-8(17-9)10-7(6-13)16-5-1-4-14-11(16)15-10/h1-5H,6,13H2. The topological polar surface area (TPSA) is 56.2 Å². The Balaban J connectivity index is 2.29. The van der Waals surface area contributed by atoms with E-state index in [1.807, 2.05) is 28.8 Å². The molecule has 0 aromatic carbocycles. The third-order valence-corrected chi connectivity index (χ3v) is 4.13. The molecule has 3 rings (SSSR count). The minimum Gasteiger partial charge on any atom is -0.325 e. The second kappa shape index (κ2) is 4.21. The molecule has 0 unspecified atom stereocenters. The summed E-state index contributed by atoms with van der Waals surface area (Å²) in [6, 6.07) is 5.93. The van der Waals surface area contributed by atoms with Crippen LogP contribution in [0.15, 0.2) is 34.4 Å². The van der Waals surface area contributed by atoms with Gasteiger partial charge in [-0.15, -0.1) is 11.3 Å². The van der Waals surface area contributed by atoms with Crippen LogP contribution in [0.5, 0.6) is 0 Å². The summed E-state index contributed by atoms with van der Waals surface area (Å²) < 4.78 is 3.02. The van der Waals surface area contributed by atoms with Gasteiger partial charge in [0.15, 0.2) is 0 Å². The van der Waals surface area contributed by atoms with Gasteiger partial charge >= 0.3 is 0 Å². The highest BCUT2D eigenvalue weighted by molar-refractivity contribution is 9.11. The van der Waals surface area contributed by atoms with Gasteiger partial charge in [-0.3, -0.25) is 4.40 Å². The van der Waals surface area contributed by atoms with Crippen LogP contribution in [-0.4, -0.2) is 14.4 Å². The van der Waals surface area contributed by atoms with Crippen LogP contribution in [0.2, 0.25) is 0 Å². The summed E-state index contributed by atoms with van der Waals surface area (Å²) >= 11 is 5.10. The van der Waals surface area contributed by atoms with E-state index in [-0.39, 0.29) is 0 Å². The van der Waals surface area contributed by atoms with Crippen molar-refractivity contribution in [2.45, 2.75) is 6.54 Å². The van der Waals surface area contributed by atoms with Crippen molar-refractivity contribution in [2.24, 2.45) is 5.73 Å². The number of fused-ring (bicyclic) bond motifs is 1. The van der Waals surface area contributed by atoms with E-state index >= 15 is 0 Å². The number of thiophene rings is 1. The molecule has 0 amide bonds. The predicted molar refractivity (Wildman–Crippen MR) is 71.9 cm³/mol. The zero-order chi connectivity index (χ0) is 11.8. The Kier molecular flexibility index (Phi) is 2.70. The van der Waals surface area contributed by atoms with E-state index in [0.717, 1.165) is 20.1 Å². The number of halogens is 1. The first kappa shape index (κ1) is 10.9. The molecular weight excluding hydrogens is 300 g/mol. The van der Waals surface area contributed by atoms with Gasteiger partial charge in [-0.1, -0.05) is 0 Å². The second-order valence-corrected chi connectivity index (χ2v) is 5.97. The molecule has 3 aromatic rings. The number of nitrogens with zero attached hydrogens (tertiary/aromatic N) is 3. The molecule has 3 heterocycles. The van der Waals surface area contributed by atoms with Crippen molar-refractivity contribution in [1.82, 2.24) is 14.4 Å². The zero-order valence-electron chi connectivity index (χ0n) is 8.80. The van der Waals surface area contributed by atoms with Crippen LogP contribution in [0.4, 0.5) is 0 Å². The fourth-order valence-corrected chi connectivity index (χ4v) is 3.17. The first-order chi connectivity index (χ1) is 8.29. The molecule has 6 heteroatoms. The van der Waals surface area contributed by atoms with Gasteiger partial charge in [-0.2, -0.15) is 0 Å². The van der Waals surface area contributed by atoms with Gasteiger partial charge in [0, 0.05) is 18.9 Å². The molecular formula is C11H9BrN4S. The van der Waals surface area contributed by atoms with Crippen LogP contribution in [0.1, 0.15) is 5.69 Å². The zero-order valence-corrected chi connectivity index (χ0v) is 11.2. The van der Waals surface area contributed by atoms with Crippen LogP contribution in [0.25, 0.3) is 16.3 Å². The maximum absolute atomic E-state index is 5.81. The van der Waals surface area contributed by atoms with E-state index in [1.165, 1.54) is 0 Å². The van der Waals surface area contributed by atoms with E-state index in [4.69, 9.17) is 5.73 Å². The number of hydrogen-bond donors (Lipinski definition) is 1. The molecule has 3 aromatic heterocycles. The van der Waals surface area contributed by atoms with Crippen molar-refractivity contribution in [3.8, 4) is 10.6 Å². The molecule has 86 valence electrons. The average Bonchev–Trinajstić information content (AvgIpc) is 2.91. The Morgan fingerprint density at radius 3 is 3.00 bits per heavy atom. The van der Waals surface area contributed by atoms with Crippen LogP contribution in [0.3, 0.4) is 0 Å². The highest BCUT2D eigenvalue weighted by Crippen LogP contribution is 2.32. The number of rotatable bonds is 2. The van der Waals surface area contributed by atoms with E-state index in [2.05, 4.69) is 25.9 Å². The summed E-state index contributed by atoms with van der Waals surface area (Å²) in [7, 11) is 0. The monoisotopic (exact) mass is 308 g/mol. The fourth-order valence-electron chi connectivity index (χ4n) is 1.77. The van der Waals surface area contributed by atoms with Gasteiger partial charge in [-0.05, 0) is 34.1 Å². The van der Waals surface area contributed by atoms with Gasteiger partial charge in [0.25, 0.3) is 0 Å². The van der Waals surface area contributed by atoms with Crippen LogP contribution >= 0.6 is 27.3 Å². The summed E-state index contributed by atoms with van der Waals surface area (Å²) in [6.45, 7) is 0.442. The molecule has 0 saturated heterocycles. The fraction of sp³-hybridized carbons (Fsp3) is 0.0909. The van der Waals surface area contributed by atoms with Gasteiger partial charge in [0.1, 0.15) is 5.69 Å². The third-order valence-electron chi connectivity index (χ3n) is 2.50. The average molecular weight is 309 g/mol. The first-order valence-electron chi connectivity index (χ1n) is 5.07. The van der Waals surface area contributed by atoms with Crippen LogP contribution in [-0.2, 0) is 6.54 Å². The lowest BCUT2D eigenvalue weighted by molar-refractivity contribution is 0.950. The lowest BCUT2D eigenvalue weighted by atomic mass is 10.3. The minimum absolute atomic E-state index is 0.442. The van der Waals surface area contributed by atoms with Crippen molar-refractivity contribution in [1.29, 1.82) is 0 Å². The molecule has 0 saturated carbocycles. The summed E-state index contributed by atoms with van der Waals surface area (Å²) in [5.74, 6) is 0.687. The van der Waals surface area contributed by atoms with E-state index in [0.29, 0.717) is 12.3 Å². The second-order valence-electron chi connectivity index (χ2n) is 3.50. The predicted octanol–water partition coefficient (Wildman–Crippen LogP) is 2.68. The largest absolute Gasteiger partial charge is 0.325 e. The van der Waals surface area contributed by atoms with Crippen molar-refractivity contribution >= 4 is 33.0 Å². The maximum atomic E-state index is 5.81. The minimum atomic E-state index is 0.442. The number of hydrogen-bond acceptors (Lipinski definition) is 4. The molecule has 0 atom stereocenters. The molecule has 0 bridgehead atoms. The molecule has 0 radical (unpaired) electrons. The Morgan fingerprint density at radius 1 is 1.41 bits per heavy atom. The lowest BCUT2D eigenvalue weighted by Crippen LogP contribution is -2.02.